The van der Waals surface area contributed by atoms with Gasteiger partial charge in [0, 0.05) is 11.1 Å². The number of nitriles is 2. The van der Waals surface area contributed by atoms with Crippen molar-refractivity contribution in [2.75, 3.05) is 0 Å². The minimum atomic E-state index is -1.99. The number of halogens is 6. The van der Waals surface area contributed by atoms with Gasteiger partial charge in [-0.3, -0.25) is 0 Å². The average molecular weight is 340 g/mol. The lowest BCUT2D eigenvalue weighted by Gasteiger charge is -2.09. The van der Waals surface area contributed by atoms with E-state index in [1.54, 1.807) is 0 Å². The summed E-state index contributed by atoms with van der Waals surface area (Å²) < 4.78 is 85.1. The first-order valence-corrected chi connectivity index (χ1v) is 6.33. The predicted octanol–water partition coefficient (Wildman–Crippen LogP) is 3.06. The lowest BCUT2D eigenvalue weighted by Crippen LogP contribution is -2.25. The van der Waals surface area contributed by atoms with Crippen LogP contribution >= 0.6 is 0 Å². The zero-order chi connectivity index (χ0) is 18.3. The summed E-state index contributed by atoms with van der Waals surface area (Å²) in [7, 11) is 0. The van der Waals surface area contributed by atoms with E-state index in [1.807, 2.05) is 0 Å². The monoisotopic (exact) mass is 340 g/mol. The van der Waals surface area contributed by atoms with Crippen LogP contribution in [0, 0.1) is 57.6 Å². The van der Waals surface area contributed by atoms with Gasteiger partial charge in [-0.05, 0) is 13.8 Å². The fraction of sp³-hybridized carbons (Fsp3) is 0.125. The first-order valence-electron chi connectivity index (χ1n) is 6.33. The van der Waals surface area contributed by atoms with Crippen LogP contribution in [-0.2, 0) is 0 Å². The molecule has 8 heteroatoms. The molecule has 2 rings (SSSR count). The number of fused-ring (bicyclic) bond motifs is 1. The molecule has 0 atom stereocenters. The van der Waals surface area contributed by atoms with Crippen LogP contribution in [0.15, 0.2) is 0 Å². The highest BCUT2D eigenvalue weighted by atomic mass is 19.2. The smallest absolute Gasteiger partial charge is 0.170 e. The molecule has 0 N–H and O–H groups in total. The van der Waals surface area contributed by atoms with Crippen molar-refractivity contribution in [1.82, 2.24) is 0 Å². The van der Waals surface area contributed by atoms with E-state index in [0.29, 0.717) is 0 Å². The second kappa shape index (κ2) is 5.89. The molecule has 2 nitrogen and oxygen atoms in total. The third-order valence-corrected chi connectivity index (χ3v) is 3.48. The molecular weight excluding hydrogens is 334 g/mol. The summed E-state index contributed by atoms with van der Waals surface area (Å²) in [4.78, 5) is 0. The number of rotatable bonds is 0. The Bertz CT molecular complexity index is 1010. The van der Waals surface area contributed by atoms with Crippen molar-refractivity contribution in [2.24, 2.45) is 0 Å². The van der Waals surface area contributed by atoms with Gasteiger partial charge in [-0.1, -0.05) is 0 Å². The molecule has 0 unspecified atom stereocenters. The van der Waals surface area contributed by atoms with Crippen LogP contribution in [-0.4, -0.2) is 0 Å². The Hall–Kier alpha value is -3.00. The summed E-state index contributed by atoms with van der Waals surface area (Å²) in [6.07, 6.45) is 0. The number of hydrogen-bond donors (Lipinski definition) is 0. The maximum atomic E-state index is 14.4. The maximum Gasteiger partial charge on any atom is 0.170 e. The minimum absolute atomic E-state index is 0.644. The van der Waals surface area contributed by atoms with Gasteiger partial charge >= 0.3 is 0 Å². The molecule has 0 saturated heterocycles. The van der Waals surface area contributed by atoms with E-state index in [-0.39, 0.29) is 0 Å². The summed E-state index contributed by atoms with van der Waals surface area (Å²) in [5, 5.41) is 12.0. The van der Waals surface area contributed by atoms with Crippen molar-refractivity contribution >= 4 is 21.9 Å². The molecule has 0 spiro atoms. The third-order valence-electron chi connectivity index (χ3n) is 3.48. The summed E-state index contributed by atoms with van der Waals surface area (Å²) in [5.41, 5.74) is -1.29. The second-order valence-corrected chi connectivity index (χ2v) is 4.86. The highest BCUT2D eigenvalue weighted by Gasteiger charge is 2.27. The molecule has 0 aliphatic carbocycles. The van der Waals surface area contributed by atoms with Gasteiger partial charge in [0.1, 0.15) is 11.6 Å². The fourth-order valence-electron chi connectivity index (χ4n) is 2.28. The van der Waals surface area contributed by atoms with Crippen molar-refractivity contribution < 1.29 is 26.3 Å². The molecule has 24 heavy (non-hydrogen) atoms. The molecule has 122 valence electrons. The van der Waals surface area contributed by atoms with Gasteiger partial charge in [-0.2, -0.15) is 10.5 Å². The van der Waals surface area contributed by atoms with Crippen LogP contribution in [0.3, 0.4) is 0 Å². The van der Waals surface area contributed by atoms with Gasteiger partial charge in [-0.25, -0.2) is 26.3 Å². The summed E-state index contributed by atoms with van der Waals surface area (Å²) in [5.74, 6) is -11.4. The molecule has 0 radical (unpaired) electrons. The summed E-state index contributed by atoms with van der Waals surface area (Å²) in [6.45, 7) is 1.86. The Morgan fingerprint density at radius 2 is 0.875 bits per heavy atom. The molecule has 0 fully saturated rings. The van der Waals surface area contributed by atoms with Gasteiger partial charge < -0.3 is 0 Å². The van der Waals surface area contributed by atoms with E-state index in [1.165, 1.54) is 12.1 Å². The topological polar surface area (TPSA) is 47.6 Å². The van der Waals surface area contributed by atoms with Gasteiger partial charge in [0.25, 0.3) is 0 Å². The van der Waals surface area contributed by atoms with E-state index in [0.717, 1.165) is 13.8 Å². The zero-order valence-corrected chi connectivity index (χ0v) is 12.2. The van der Waals surface area contributed by atoms with Crippen LogP contribution in [0.4, 0.5) is 26.3 Å². The predicted molar refractivity (Wildman–Crippen MR) is 72.3 cm³/mol. The van der Waals surface area contributed by atoms with Gasteiger partial charge in [-0.15, -0.1) is 0 Å². The van der Waals surface area contributed by atoms with Gasteiger partial charge in [0.15, 0.2) is 23.3 Å². The molecule has 0 aliphatic rings. The molecule has 0 heterocycles. The van der Waals surface area contributed by atoms with E-state index >= 15 is 0 Å². The molecule has 2 aromatic rings. The Kier molecular flexibility index (Phi) is 4.26. The van der Waals surface area contributed by atoms with Crippen molar-refractivity contribution in [1.29, 1.82) is 10.5 Å². The average Bonchev–Trinajstić information content (AvgIpc) is 2.55. The molecule has 0 saturated carbocycles. The largest absolute Gasteiger partial charge is 0.205 e. The molecule has 2 aromatic carbocycles. The normalized spacial score (nSPS) is 13.4. The maximum absolute atomic E-state index is 14.4. The number of benzene rings is 2. The van der Waals surface area contributed by atoms with E-state index in [9.17, 15) is 26.3 Å². The van der Waals surface area contributed by atoms with Gasteiger partial charge in [0.2, 0.25) is 0 Å². The van der Waals surface area contributed by atoms with E-state index in [4.69, 9.17) is 10.5 Å². The lowest BCUT2D eigenvalue weighted by atomic mass is 10.0. The first kappa shape index (κ1) is 17.4. The standard InChI is InChI=1S/C16H6F6N2/c1-5(3-23)7-11(17)9-10(15(21)13(7)19)12(18)8(6(2)4-24)14(20)16(9)22/h1-2H3. The molecular formula is C16H6F6N2. The second-order valence-electron chi connectivity index (χ2n) is 4.86. The van der Waals surface area contributed by atoms with Crippen molar-refractivity contribution in [3.63, 3.8) is 0 Å². The SMILES string of the molecule is CC(C#N)=c1c(F)c(F)c2c(F)c(=C(C)C#N)c(F)c(F)c2c1F. The first-order chi connectivity index (χ1) is 11.2. The number of nitrogens with zero attached hydrogens (tertiary/aromatic N) is 2. The highest BCUT2D eigenvalue weighted by Crippen LogP contribution is 2.26. The van der Waals surface area contributed by atoms with Crippen LogP contribution < -0.4 is 10.4 Å². The minimum Gasteiger partial charge on any atom is -0.205 e. The third kappa shape index (κ3) is 2.19. The zero-order valence-electron chi connectivity index (χ0n) is 12.2. The Balaban J connectivity index is 3.43. The Morgan fingerprint density at radius 3 is 1.12 bits per heavy atom. The van der Waals surface area contributed by atoms with E-state index in [2.05, 4.69) is 0 Å². The lowest BCUT2D eigenvalue weighted by molar-refractivity contribution is 0.471. The van der Waals surface area contributed by atoms with Crippen molar-refractivity contribution in [3.05, 3.63) is 45.3 Å². The molecule has 0 bridgehead atoms. The van der Waals surface area contributed by atoms with Crippen LogP contribution in [0.1, 0.15) is 13.8 Å². The van der Waals surface area contributed by atoms with Crippen LogP contribution in [0.2, 0.25) is 0 Å². The summed E-state index contributed by atoms with van der Waals surface area (Å²) >= 11 is 0. The Labute approximate surface area is 131 Å². The van der Waals surface area contributed by atoms with Crippen LogP contribution in [0.25, 0.3) is 21.9 Å². The number of hydrogen-bond acceptors (Lipinski definition) is 2. The van der Waals surface area contributed by atoms with Crippen molar-refractivity contribution in [3.8, 4) is 12.1 Å². The molecule has 0 aliphatic heterocycles. The van der Waals surface area contributed by atoms with Crippen LogP contribution in [0.5, 0.6) is 0 Å². The quantitative estimate of drug-likeness (QED) is 0.547. The molecule has 0 aromatic heterocycles. The van der Waals surface area contributed by atoms with Gasteiger partial charge in [0.05, 0.1) is 33.3 Å². The fourth-order valence-corrected chi connectivity index (χ4v) is 2.28. The molecule has 0 amide bonds. The summed E-state index contributed by atoms with van der Waals surface area (Å²) in [6, 6.07) is 2.71. The Morgan fingerprint density at radius 1 is 0.583 bits per heavy atom. The highest BCUT2D eigenvalue weighted by molar-refractivity contribution is 5.87. The van der Waals surface area contributed by atoms with E-state index < -0.39 is 67.3 Å². The van der Waals surface area contributed by atoms with Crippen molar-refractivity contribution in [2.45, 2.75) is 13.8 Å².